The second-order valence-electron chi connectivity index (χ2n) is 4.83. The topological polar surface area (TPSA) is 54.5 Å². The first-order valence-corrected chi connectivity index (χ1v) is 8.20. The Morgan fingerprint density at radius 3 is 2.70 bits per heavy atom. The van der Waals surface area contributed by atoms with E-state index in [1.165, 1.54) is 17.0 Å². The van der Waals surface area contributed by atoms with Gasteiger partial charge in [0.05, 0.1) is 11.4 Å². The molecule has 1 aromatic carbocycles. The first kappa shape index (κ1) is 15.4. The van der Waals surface area contributed by atoms with Crippen LogP contribution in [0.5, 0.6) is 0 Å². The van der Waals surface area contributed by atoms with Gasteiger partial charge >= 0.3 is 10.2 Å². The van der Waals surface area contributed by atoms with Crippen molar-refractivity contribution in [1.82, 2.24) is 0 Å². The molecule has 4 nitrogen and oxygen atoms in total. The van der Waals surface area contributed by atoms with Gasteiger partial charge in [-0.15, -0.1) is 3.89 Å². The Morgan fingerprint density at radius 1 is 1.45 bits per heavy atom. The number of hydrogen-bond donors (Lipinski definition) is 0. The predicted molar refractivity (Wildman–Crippen MR) is 74.2 cm³/mol. The van der Waals surface area contributed by atoms with Gasteiger partial charge in [-0.25, -0.2) is 4.39 Å². The third kappa shape index (κ3) is 3.35. The molecule has 0 radical (unpaired) electrons. The zero-order valence-electron chi connectivity index (χ0n) is 10.6. The molecular formula is C12H12BrF2NO3S. The van der Waals surface area contributed by atoms with E-state index in [1.54, 1.807) is 6.92 Å². The molecule has 1 atom stereocenters. The van der Waals surface area contributed by atoms with E-state index in [0.29, 0.717) is 4.47 Å². The predicted octanol–water partition coefficient (Wildman–Crippen LogP) is 2.55. The van der Waals surface area contributed by atoms with Crippen LogP contribution in [0.2, 0.25) is 0 Å². The first-order chi connectivity index (χ1) is 9.17. The highest BCUT2D eigenvalue weighted by atomic mass is 79.9. The van der Waals surface area contributed by atoms with E-state index >= 15 is 0 Å². The maximum absolute atomic E-state index is 13.9. The van der Waals surface area contributed by atoms with E-state index < -0.39 is 33.6 Å². The fourth-order valence-corrected chi connectivity index (χ4v) is 3.36. The molecule has 1 unspecified atom stereocenters. The van der Waals surface area contributed by atoms with Crippen LogP contribution in [-0.4, -0.2) is 26.6 Å². The summed E-state index contributed by atoms with van der Waals surface area (Å²) in [5.74, 6) is -2.36. The zero-order valence-corrected chi connectivity index (χ0v) is 13.0. The van der Waals surface area contributed by atoms with Gasteiger partial charge in [0.25, 0.3) is 0 Å². The minimum atomic E-state index is -4.64. The van der Waals surface area contributed by atoms with Crippen molar-refractivity contribution in [3.63, 3.8) is 0 Å². The lowest BCUT2D eigenvalue weighted by Gasteiger charge is -2.18. The lowest BCUT2D eigenvalue weighted by molar-refractivity contribution is -0.117. The van der Waals surface area contributed by atoms with Gasteiger partial charge in [-0.2, -0.15) is 8.42 Å². The fourth-order valence-electron chi connectivity index (χ4n) is 2.26. The number of rotatable bonds is 3. The van der Waals surface area contributed by atoms with Crippen molar-refractivity contribution in [3.8, 4) is 0 Å². The van der Waals surface area contributed by atoms with Gasteiger partial charge in [-0.05, 0) is 24.6 Å². The van der Waals surface area contributed by atoms with E-state index in [0.717, 1.165) is 5.56 Å². The summed E-state index contributed by atoms with van der Waals surface area (Å²) >= 11 is 3.18. The van der Waals surface area contributed by atoms with Crippen LogP contribution >= 0.6 is 15.9 Å². The highest BCUT2D eigenvalue weighted by molar-refractivity contribution is 9.10. The standard InChI is InChI=1S/C12H12BrF2NO3S/c1-7-2-11(10(14)4-9(7)13)16-5-8(3-12(16)17)6-20(15,18)19/h2,4,8H,3,5-6H2,1H3. The molecule has 0 bridgehead atoms. The average Bonchev–Trinajstić information content (AvgIpc) is 2.62. The van der Waals surface area contributed by atoms with E-state index in [1.807, 2.05) is 0 Å². The average molecular weight is 368 g/mol. The molecule has 0 N–H and O–H groups in total. The van der Waals surface area contributed by atoms with Crippen LogP contribution in [-0.2, 0) is 15.0 Å². The van der Waals surface area contributed by atoms with Crippen molar-refractivity contribution >= 4 is 37.7 Å². The van der Waals surface area contributed by atoms with Gasteiger partial charge in [0.15, 0.2) is 0 Å². The maximum atomic E-state index is 13.9. The van der Waals surface area contributed by atoms with E-state index in [-0.39, 0.29) is 18.7 Å². The number of carbonyl (C=O) groups is 1. The van der Waals surface area contributed by atoms with Gasteiger partial charge in [-0.3, -0.25) is 4.79 Å². The van der Waals surface area contributed by atoms with E-state index in [4.69, 9.17) is 0 Å². The van der Waals surface area contributed by atoms with Gasteiger partial charge in [-0.1, -0.05) is 15.9 Å². The molecule has 1 saturated heterocycles. The molecule has 0 aromatic heterocycles. The van der Waals surface area contributed by atoms with Crippen LogP contribution < -0.4 is 4.90 Å². The van der Waals surface area contributed by atoms with Crippen molar-refractivity contribution in [2.24, 2.45) is 5.92 Å². The van der Waals surface area contributed by atoms with Crippen molar-refractivity contribution in [2.45, 2.75) is 13.3 Å². The summed E-state index contributed by atoms with van der Waals surface area (Å²) in [5.41, 5.74) is 0.838. The molecule has 1 aliphatic rings. The fraction of sp³-hybridized carbons (Fsp3) is 0.417. The second kappa shape index (κ2) is 5.40. The molecule has 20 heavy (non-hydrogen) atoms. The Balaban J connectivity index is 2.26. The molecule has 8 heteroatoms. The second-order valence-corrected chi connectivity index (χ2v) is 7.10. The first-order valence-electron chi connectivity index (χ1n) is 5.85. The largest absolute Gasteiger partial charge is 0.309 e. The molecule has 1 fully saturated rings. The minimum absolute atomic E-state index is 0.0000241. The Labute approximate surface area is 124 Å². The summed E-state index contributed by atoms with van der Waals surface area (Å²) in [5, 5.41) is 0. The van der Waals surface area contributed by atoms with Crippen molar-refractivity contribution < 1.29 is 21.5 Å². The summed E-state index contributed by atoms with van der Waals surface area (Å²) in [7, 11) is -4.64. The summed E-state index contributed by atoms with van der Waals surface area (Å²) in [6, 6.07) is 2.75. The number of amides is 1. The smallest absolute Gasteiger partial charge is 0.302 e. The van der Waals surface area contributed by atoms with Crippen LogP contribution in [0, 0.1) is 18.7 Å². The molecule has 1 aromatic rings. The molecular weight excluding hydrogens is 356 g/mol. The summed E-state index contributed by atoms with van der Waals surface area (Å²) in [4.78, 5) is 13.0. The lowest BCUT2D eigenvalue weighted by Crippen LogP contribution is -2.26. The van der Waals surface area contributed by atoms with Gasteiger partial charge in [0.2, 0.25) is 5.91 Å². The van der Waals surface area contributed by atoms with Gasteiger partial charge in [0, 0.05) is 23.4 Å². The molecule has 1 amide bonds. The lowest BCUT2D eigenvalue weighted by atomic mass is 10.1. The number of carbonyl (C=O) groups excluding carboxylic acids is 1. The summed E-state index contributed by atoms with van der Waals surface area (Å²) in [6.07, 6.45) is -0.0995. The van der Waals surface area contributed by atoms with E-state index in [2.05, 4.69) is 15.9 Å². The van der Waals surface area contributed by atoms with Crippen molar-refractivity contribution in [3.05, 3.63) is 28.0 Å². The van der Waals surface area contributed by atoms with Crippen molar-refractivity contribution in [2.75, 3.05) is 17.2 Å². The monoisotopic (exact) mass is 367 g/mol. The molecule has 2 rings (SSSR count). The molecule has 1 aliphatic heterocycles. The Morgan fingerprint density at radius 2 is 2.10 bits per heavy atom. The molecule has 110 valence electrons. The summed E-state index contributed by atoms with van der Waals surface area (Å²) in [6.45, 7) is 1.75. The van der Waals surface area contributed by atoms with Crippen LogP contribution in [0.15, 0.2) is 16.6 Å². The van der Waals surface area contributed by atoms with Crippen LogP contribution in [0.1, 0.15) is 12.0 Å². The number of benzene rings is 1. The number of aryl methyl sites for hydroxylation is 1. The molecule has 0 spiro atoms. The molecule has 0 aliphatic carbocycles. The van der Waals surface area contributed by atoms with Crippen LogP contribution in [0.4, 0.5) is 14.0 Å². The Kier molecular flexibility index (Phi) is 4.15. The molecule has 0 saturated carbocycles. The maximum Gasteiger partial charge on any atom is 0.302 e. The Hall–Kier alpha value is -1.02. The number of halogens is 3. The highest BCUT2D eigenvalue weighted by Gasteiger charge is 2.34. The van der Waals surface area contributed by atoms with E-state index in [9.17, 15) is 21.5 Å². The quantitative estimate of drug-likeness (QED) is 0.771. The van der Waals surface area contributed by atoms with Crippen molar-refractivity contribution in [1.29, 1.82) is 0 Å². The normalized spacial score (nSPS) is 19.7. The van der Waals surface area contributed by atoms with Crippen LogP contribution in [0.3, 0.4) is 0 Å². The van der Waals surface area contributed by atoms with Gasteiger partial charge in [0.1, 0.15) is 5.82 Å². The number of nitrogens with zero attached hydrogens (tertiary/aromatic N) is 1. The molecule has 1 heterocycles. The third-order valence-electron chi connectivity index (χ3n) is 3.16. The number of anilines is 1. The highest BCUT2D eigenvalue weighted by Crippen LogP contribution is 2.31. The minimum Gasteiger partial charge on any atom is -0.309 e. The third-order valence-corrected chi connectivity index (χ3v) is 4.88. The zero-order chi connectivity index (χ0) is 15.1. The number of hydrogen-bond acceptors (Lipinski definition) is 3. The Bertz CT molecular complexity index is 663. The summed E-state index contributed by atoms with van der Waals surface area (Å²) < 4.78 is 48.4. The van der Waals surface area contributed by atoms with Crippen LogP contribution in [0.25, 0.3) is 0 Å². The van der Waals surface area contributed by atoms with Gasteiger partial charge < -0.3 is 4.90 Å². The SMILES string of the molecule is Cc1cc(N2CC(CS(=O)(=O)F)CC2=O)c(F)cc1Br.